The molecule has 0 aliphatic rings. The van der Waals surface area contributed by atoms with Crippen LogP contribution in [0.2, 0.25) is 0 Å². The van der Waals surface area contributed by atoms with Crippen LogP contribution in [0.3, 0.4) is 0 Å². The summed E-state index contributed by atoms with van der Waals surface area (Å²) in [7, 11) is 1.28. The smallest absolute Gasteiger partial charge is 0.335 e. The molecule has 0 aliphatic heterocycles. The zero-order chi connectivity index (χ0) is 11.5. The molecule has 1 aromatic rings. The molecular weight excluding hydrogens is 209 g/mol. The molecule has 7 heteroatoms. The van der Waals surface area contributed by atoms with E-state index in [9.17, 15) is 13.2 Å². The van der Waals surface area contributed by atoms with Gasteiger partial charge in [-0.2, -0.15) is 13.2 Å². The van der Waals surface area contributed by atoms with E-state index < -0.39 is 12.7 Å². The second kappa shape index (κ2) is 4.43. The van der Waals surface area contributed by atoms with Crippen molar-refractivity contribution in [2.24, 2.45) is 5.73 Å². The number of hydrogen-bond acceptors (Lipinski definition) is 4. The fourth-order valence-electron chi connectivity index (χ4n) is 1.02. The molecule has 4 nitrogen and oxygen atoms in total. The molecule has 0 fully saturated rings. The summed E-state index contributed by atoms with van der Waals surface area (Å²) in [6.45, 7) is -0.906. The average Bonchev–Trinajstić information content (AvgIpc) is 2.15. The highest BCUT2D eigenvalue weighted by atomic mass is 19.4. The van der Waals surface area contributed by atoms with Crippen molar-refractivity contribution in [3.8, 4) is 0 Å². The maximum absolute atomic E-state index is 12.1. The van der Waals surface area contributed by atoms with E-state index in [-0.39, 0.29) is 12.5 Å². The Labute approximate surface area is 84.9 Å². The van der Waals surface area contributed by atoms with Crippen molar-refractivity contribution in [1.29, 1.82) is 0 Å². The standard InChI is InChI=1S/C8H11F3N4/c1-15(5-8(9,10)11)7-13-3-2-6(4-12)14-7/h2-3H,4-5,12H2,1H3. The number of rotatable bonds is 3. The molecule has 0 amide bonds. The first kappa shape index (κ1) is 11.7. The van der Waals surface area contributed by atoms with Gasteiger partial charge < -0.3 is 10.6 Å². The number of alkyl halides is 3. The molecule has 0 saturated carbocycles. The van der Waals surface area contributed by atoms with Crippen LogP contribution in [-0.2, 0) is 6.54 Å². The Morgan fingerprint density at radius 1 is 1.47 bits per heavy atom. The molecule has 1 rings (SSSR count). The Balaban J connectivity index is 2.77. The van der Waals surface area contributed by atoms with Crippen molar-refractivity contribution in [3.05, 3.63) is 18.0 Å². The summed E-state index contributed by atoms with van der Waals surface area (Å²) in [6.07, 6.45) is -2.88. The van der Waals surface area contributed by atoms with Crippen LogP contribution in [0, 0.1) is 0 Å². The van der Waals surface area contributed by atoms with Gasteiger partial charge in [0, 0.05) is 19.8 Å². The fraction of sp³-hybridized carbons (Fsp3) is 0.500. The third kappa shape index (κ3) is 3.70. The van der Waals surface area contributed by atoms with Crippen molar-refractivity contribution in [1.82, 2.24) is 9.97 Å². The molecule has 0 saturated heterocycles. The molecule has 1 aromatic heterocycles. The Morgan fingerprint density at radius 2 is 2.13 bits per heavy atom. The lowest BCUT2D eigenvalue weighted by Crippen LogP contribution is -2.32. The predicted molar refractivity (Wildman–Crippen MR) is 49.2 cm³/mol. The second-order valence-corrected chi connectivity index (χ2v) is 3.02. The minimum atomic E-state index is -4.27. The summed E-state index contributed by atoms with van der Waals surface area (Å²) in [4.78, 5) is 8.53. The van der Waals surface area contributed by atoms with Crippen LogP contribution in [0.25, 0.3) is 0 Å². The van der Waals surface area contributed by atoms with Crippen LogP contribution in [0.5, 0.6) is 0 Å². The van der Waals surface area contributed by atoms with E-state index in [1.54, 1.807) is 6.07 Å². The molecule has 0 radical (unpaired) electrons. The Morgan fingerprint density at radius 3 is 2.67 bits per heavy atom. The van der Waals surface area contributed by atoms with Gasteiger partial charge in [-0.15, -0.1) is 0 Å². The van der Waals surface area contributed by atoms with Gasteiger partial charge in [-0.05, 0) is 6.07 Å². The van der Waals surface area contributed by atoms with Gasteiger partial charge >= 0.3 is 6.18 Å². The van der Waals surface area contributed by atoms with Crippen LogP contribution >= 0.6 is 0 Å². The monoisotopic (exact) mass is 220 g/mol. The van der Waals surface area contributed by atoms with Crippen LogP contribution in [0.15, 0.2) is 12.3 Å². The topological polar surface area (TPSA) is 55.0 Å². The first-order valence-electron chi connectivity index (χ1n) is 4.22. The number of anilines is 1. The van der Waals surface area contributed by atoms with Gasteiger partial charge in [0.2, 0.25) is 5.95 Å². The van der Waals surface area contributed by atoms with Crippen LogP contribution in [-0.4, -0.2) is 29.7 Å². The lowest BCUT2D eigenvalue weighted by molar-refractivity contribution is -0.119. The highest BCUT2D eigenvalue weighted by molar-refractivity contribution is 5.28. The molecular formula is C8H11F3N4. The maximum Gasteiger partial charge on any atom is 0.406 e. The lowest BCUT2D eigenvalue weighted by atomic mass is 10.4. The van der Waals surface area contributed by atoms with E-state index >= 15 is 0 Å². The summed E-state index contributed by atoms with van der Waals surface area (Å²) >= 11 is 0. The Hall–Kier alpha value is -1.37. The molecule has 84 valence electrons. The van der Waals surface area contributed by atoms with Gasteiger partial charge in [-0.1, -0.05) is 0 Å². The predicted octanol–water partition coefficient (Wildman–Crippen LogP) is 0.934. The molecule has 0 bridgehead atoms. The quantitative estimate of drug-likeness (QED) is 0.823. The molecule has 2 N–H and O–H groups in total. The Bertz CT molecular complexity index is 326. The van der Waals surface area contributed by atoms with Crippen molar-refractivity contribution >= 4 is 5.95 Å². The highest BCUT2D eigenvalue weighted by Crippen LogP contribution is 2.18. The van der Waals surface area contributed by atoms with E-state index in [4.69, 9.17) is 5.73 Å². The SMILES string of the molecule is CN(CC(F)(F)F)c1nccc(CN)n1. The minimum Gasteiger partial charge on any atom is -0.335 e. The summed E-state index contributed by atoms with van der Waals surface area (Å²) in [5.74, 6) is 0.0234. The molecule has 1 heterocycles. The zero-order valence-corrected chi connectivity index (χ0v) is 8.12. The number of halogens is 3. The zero-order valence-electron chi connectivity index (χ0n) is 8.12. The largest absolute Gasteiger partial charge is 0.406 e. The third-order valence-corrected chi connectivity index (χ3v) is 1.67. The summed E-state index contributed by atoms with van der Waals surface area (Å²) in [6, 6.07) is 1.56. The second-order valence-electron chi connectivity index (χ2n) is 3.02. The molecule has 0 aromatic carbocycles. The maximum atomic E-state index is 12.1. The van der Waals surface area contributed by atoms with E-state index in [0.717, 1.165) is 4.90 Å². The first-order chi connectivity index (χ1) is 6.92. The van der Waals surface area contributed by atoms with Gasteiger partial charge in [0.25, 0.3) is 0 Å². The third-order valence-electron chi connectivity index (χ3n) is 1.67. The summed E-state index contributed by atoms with van der Waals surface area (Å²) in [5.41, 5.74) is 5.82. The van der Waals surface area contributed by atoms with Crippen molar-refractivity contribution in [2.75, 3.05) is 18.5 Å². The number of hydrogen-bond donors (Lipinski definition) is 1. The molecule has 0 unspecified atom stereocenters. The number of aromatic nitrogens is 2. The molecule has 15 heavy (non-hydrogen) atoms. The summed E-state index contributed by atoms with van der Waals surface area (Å²) < 4.78 is 36.2. The fourth-order valence-corrected chi connectivity index (χ4v) is 1.02. The van der Waals surface area contributed by atoms with Crippen LogP contribution in [0.4, 0.5) is 19.1 Å². The van der Waals surface area contributed by atoms with Crippen LogP contribution < -0.4 is 10.6 Å². The van der Waals surface area contributed by atoms with Crippen LogP contribution in [0.1, 0.15) is 5.69 Å². The molecule has 0 atom stereocenters. The van der Waals surface area contributed by atoms with E-state index in [1.807, 2.05) is 0 Å². The van der Waals surface area contributed by atoms with E-state index in [1.165, 1.54) is 13.2 Å². The van der Waals surface area contributed by atoms with E-state index in [0.29, 0.717) is 5.69 Å². The van der Waals surface area contributed by atoms with Gasteiger partial charge in [-0.3, -0.25) is 0 Å². The number of nitrogens with zero attached hydrogens (tertiary/aromatic N) is 3. The van der Waals surface area contributed by atoms with Gasteiger partial charge in [0.15, 0.2) is 0 Å². The van der Waals surface area contributed by atoms with Gasteiger partial charge in [-0.25, -0.2) is 9.97 Å². The molecule has 0 aliphatic carbocycles. The number of nitrogens with two attached hydrogens (primary N) is 1. The van der Waals surface area contributed by atoms with Crippen molar-refractivity contribution in [2.45, 2.75) is 12.7 Å². The minimum absolute atomic E-state index is 0.0234. The normalized spacial score (nSPS) is 11.5. The first-order valence-corrected chi connectivity index (χ1v) is 4.22. The average molecular weight is 220 g/mol. The van der Waals surface area contributed by atoms with Crippen molar-refractivity contribution in [3.63, 3.8) is 0 Å². The summed E-state index contributed by atoms with van der Waals surface area (Å²) in [5, 5.41) is 0. The lowest BCUT2D eigenvalue weighted by Gasteiger charge is -2.18. The molecule has 0 spiro atoms. The van der Waals surface area contributed by atoms with Crippen molar-refractivity contribution < 1.29 is 13.2 Å². The Kier molecular flexibility index (Phi) is 3.46. The van der Waals surface area contributed by atoms with Gasteiger partial charge in [0.1, 0.15) is 6.54 Å². The van der Waals surface area contributed by atoms with Gasteiger partial charge in [0.05, 0.1) is 5.69 Å². The van der Waals surface area contributed by atoms with E-state index in [2.05, 4.69) is 9.97 Å². The highest BCUT2D eigenvalue weighted by Gasteiger charge is 2.30.